The molecule has 0 radical (unpaired) electrons. The average Bonchev–Trinajstić information content (AvgIpc) is 3.17. The molecule has 0 spiro atoms. The van der Waals surface area contributed by atoms with Crippen molar-refractivity contribution in [2.24, 2.45) is 5.92 Å². The highest BCUT2D eigenvalue weighted by Gasteiger charge is 2.46. The molecule has 29 heavy (non-hydrogen) atoms. The zero-order valence-electron chi connectivity index (χ0n) is 17.0. The van der Waals surface area contributed by atoms with E-state index in [-0.39, 0.29) is 23.8 Å². The van der Waals surface area contributed by atoms with E-state index in [1.165, 1.54) is 6.07 Å². The molecule has 0 atom stereocenters. The van der Waals surface area contributed by atoms with Crippen LogP contribution in [0.5, 0.6) is 0 Å². The van der Waals surface area contributed by atoms with Gasteiger partial charge < -0.3 is 10.2 Å². The molecule has 4 nitrogen and oxygen atoms in total. The fourth-order valence-electron chi connectivity index (χ4n) is 4.65. The number of hydrogen-bond acceptors (Lipinski definition) is 2. The molecule has 1 saturated carbocycles. The van der Waals surface area contributed by atoms with Crippen molar-refractivity contribution >= 4 is 11.8 Å². The minimum absolute atomic E-state index is 0.0144. The number of nitrogens with one attached hydrogen (secondary N) is 1. The van der Waals surface area contributed by atoms with E-state index in [2.05, 4.69) is 5.32 Å². The van der Waals surface area contributed by atoms with E-state index in [1.807, 2.05) is 13.8 Å². The fourth-order valence-corrected chi connectivity index (χ4v) is 4.65. The van der Waals surface area contributed by atoms with Crippen LogP contribution in [0.4, 0.5) is 13.2 Å². The number of alkyl halides is 3. The maximum Gasteiger partial charge on any atom is 0.416 e. The van der Waals surface area contributed by atoms with Crippen LogP contribution in [0.2, 0.25) is 0 Å². The molecule has 0 unspecified atom stereocenters. The molecule has 1 aliphatic heterocycles. The lowest BCUT2D eigenvalue weighted by atomic mass is 9.76. The van der Waals surface area contributed by atoms with Crippen LogP contribution in [0, 0.1) is 5.92 Å². The van der Waals surface area contributed by atoms with Crippen molar-refractivity contribution in [3.05, 3.63) is 35.4 Å². The molecule has 2 fully saturated rings. The largest absolute Gasteiger partial charge is 0.416 e. The van der Waals surface area contributed by atoms with Crippen LogP contribution in [0.3, 0.4) is 0 Å². The first-order valence-corrected chi connectivity index (χ1v) is 10.4. The van der Waals surface area contributed by atoms with E-state index in [0.29, 0.717) is 44.3 Å². The van der Waals surface area contributed by atoms with E-state index in [0.717, 1.165) is 25.0 Å². The highest BCUT2D eigenvalue weighted by Crippen LogP contribution is 2.44. The zero-order chi connectivity index (χ0) is 21.2. The number of rotatable bonds is 4. The molecule has 1 heterocycles. The second kappa shape index (κ2) is 8.36. The van der Waals surface area contributed by atoms with E-state index < -0.39 is 17.2 Å². The third-order valence-electron chi connectivity index (χ3n) is 6.19. The molecule has 0 aromatic heterocycles. The van der Waals surface area contributed by atoms with Gasteiger partial charge in [-0.05, 0) is 51.2 Å². The van der Waals surface area contributed by atoms with Crippen molar-refractivity contribution < 1.29 is 22.8 Å². The number of halogens is 3. The average molecular weight is 410 g/mol. The summed E-state index contributed by atoms with van der Waals surface area (Å²) >= 11 is 0. The number of piperidine rings is 1. The van der Waals surface area contributed by atoms with Crippen LogP contribution < -0.4 is 5.32 Å². The Morgan fingerprint density at radius 1 is 1.14 bits per heavy atom. The summed E-state index contributed by atoms with van der Waals surface area (Å²) < 4.78 is 39.6. The summed E-state index contributed by atoms with van der Waals surface area (Å²) in [5.74, 6) is -0.188. The molecule has 1 aromatic carbocycles. The molecule has 160 valence electrons. The van der Waals surface area contributed by atoms with E-state index in [4.69, 9.17) is 0 Å². The second-order valence-electron chi connectivity index (χ2n) is 8.60. The van der Waals surface area contributed by atoms with Crippen molar-refractivity contribution in [1.82, 2.24) is 10.2 Å². The monoisotopic (exact) mass is 410 g/mol. The topological polar surface area (TPSA) is 49.4 Å². The molecule has 1 aromatic rings. The Morgan fingerprint density at radius 3 is 2.31 bits per heavy atom. The second-order valence-corrected chi connectivity index (χ2v) is 8.60. The number of amides is 2. The summed E-state index contributed by atoms with van der Waals surface area (Å²) in [6.45, 7) is 4.76. The summed E-state index contributed by atoms with van der Waals surface area (Å²) in [5.41, 5.74) is -1.12. The molecule has 7 heteroatoms. The molecule has 1 N–H and O–H groups in total. The van der Waals surface area contributed by atoms with Crippen LogP contribution in [-0.4, -0.2) is 35.8 Å². The quantitative estimate of drug-likeness (QED) is 0.806. The van der Waals surface area contributed by atoms with Gasteiger partial charge in [-0.15, -0.1) is 0 Å². The third kappa shape index (κ3) is 4.59. The van der Waals surface area contributed by atoms with Gasteiger partial charge in [-0.2, -0.15) is 13.2 Å². The Balaban J connectivity index is 1.77. The highest BCUT2D eigenvalue weighted by atomic mass is 19.4. The molecular weight excluding hydrogens is 381 g/mol. The first kappa shape index (κ1) is 21.7. The Bertz CT molecular complexity index is 747. The predicted molar refractivity (Wildman–Crippen MR) is 104 cm³/mol. The van der Waals surface area contributed by atoms with Crippen molar-refractivity contribution in [3.63, 3.8) is 0 Å². The summed E-state index contributed by atoms with van der Waals surface area (Å²) in [6.07, 6.45) is -0.459. The smallest absolute Gasteiger partial charge is 0.354 e. The van der Waals surface area contributed by atoms with E-state index >= 15 is 0 Å². The van der Waals surface area contributed by atoms with Gasteiger partial charge in [0.25, 0.3) is 0 Å². The fraction of sp³-hybridized carbons (Fsp3) is 0.636. The minimum Gasteiger partial charge on any atom is -0.354 e. The Kier molecular flexibility index (Phi) is 6.24. The van der Waals surface area contributed by atoms with Crippen molar-refractivity contribution in [1.29, 1.82) is 0 Å². The van der Waals surface area contributed by atoms with Crippen LogP contribution in [0.1, 0.15) is 63.5 Å². The zero-order valence-corrected chi connectivity index (χ0v) is 17.0. The molecule has 3 rings (SSSR count). The van der Waals surface area contributed by atoms with Crippen molar-refractivity contribution in [2.45, 2.75) is 70.0 Å². The number of carbonyl (C=O) groups is 2. The molecular formula is C22H29F3N2O2. The maximum atomic E-state index is 13.5. The predicted octanol–water partition coefficient (Wildman–Crippen LogP) is 4.28. The van der Waals surface area contributed by atoms with Crippen LogP contribution >= 0.6 is 0 Å². The summed E-state index contributed by atoms with van der Waals surface area (Å²) in [7, 11) is 0. The van der Waals surface area contributed by atoms with Crippen LogP contribution in [0.15, 0.2) is 24.3 Å². The number of hydrogen-bond donors (Lipinski definition) is 1. The van der Waals surface area contributed by atoms with Gasteiger partial charge in [0.05, 0.1) is 11.0 Å². The van der Waals surface area contributed by atoms with Gasteiger partial charge in [-0.25, -0.2) is 0 Å². The normalized spacial score (nSPS) is 20.1. The highest BCUT2D eigenvalue weighted by molar-refractivity contribution is 5.89. The Hall–Kier alpha value is -2.05. The minimum atomic E-state index is -4.43. The summed E-state index contributed by atoms with van der Waals surface area (Å²) in [5, 5.41) is 2.92. The lowest BCUT2D eigenvalue weighted by molar-refractivity contribution is -0.141. The van der Waals surface area contributed by atoms with Gasteiger partial charge in [0, 0.05) is 25.0 Å². The lowest BCUT2D eigenvalue weighted by Crippen LogP contribution is -2.50. The van der Waals surface area contributed by atoms with Crippen LogP contribution in [-0.2, 0) is 21.2 Å². The number of benzene rings is 1. The van der Waals surface area contributed by atoms with Gasteiger partial charge in [0.2, 0.25) is 11.8 Å². The van der Waals surface area contributed by atoms with Gasteiger partial charge >= 0.3 is 6.18 Å². The lowest BCUT2D eigenvalue weighted by Gasteiger charge is -2.38. The van der Waals surface area contributed by atoms with Gasteiger partial charge in [-0.3, -0.25) is 9.59 Å². The van der Waals surface area contributed by atoms with Gasteiger partial charge in [0.15, 0.2) is 0 Å². The molecule has 1 saturated heterocycles. The standard InChI is InChI=1S/C22H29F3N2O2/c1-15(2)26-19(28)16-8-12-27(13-9-16)20(29)21(10-3-4-11-21)17-6-5-7-18(14-17)22(23,24)25/h5-7,14-16H,3-4,8-13H2,1-2H3,(H,26,28). The molecule has 1 aliphatic carbocycles. The SMILES string of the molecule is CC(C)NC(=O)C1CCN(C(=O)C2(c3cccc(C(F)(F)F)c3)CCCC2)CC1. The molecule has 0 bridgehead atoms. The first-order chi connectivity index (χ1) is 13.6. The summed E-state index contributed by atoms with van der Waals surface area (Å²) in [6, 6.07) is 5.32. The third-order valence-corrected chi connectivity index (χ3v) is 6.19. The molecule has 2 aliphatic rings. The summed E-state index contributed by atoms with van der Waals surface area (Å²) in [4.78, 5) is 27.5. The van der Waals surface area contributed by atoms with Gasteiger partial charge in [0.1, 0.15) is 0 Å². The van der Waals surface area contributed by atoms with E-state index in [1.54, 1.807) is 11.0 Å². The van der Waals surface area contributed by atoms with Crippen LogP contribution in [0.25, 0.3) is 0 Å². The van der Waals surface area contributed by atoms with E-state index in [9.17, 15) is 22.8 Å². The maximum absolute atomic E-state index is 13.5. The van der Waals surface area contributed by atoms with Crippen molar-refractivity contribution in [2.75, 3.05) is 13.1 Å². The van der Waals surface area contributed by atoms with Gasteiger partial charge in [-0.1, -0.05) is 31.0 Å². The first-order valence-electron chi connectivity index (χ1n) is 10.4. The number of nitrogens with zero attached hydrogens (tertiary/aromatic N) is 1. The van der Waals surface area contributed by atoms with Crippen molar-refractivity contribution in [3.8, 4) is 0 Å². The number of carbonyl (C=O) groups excluding carboxylic acids is 2. The Labute approximate surface area is 169 Å². The Morgan fingerprint density at radius 2 is 1.76 bits per heavy atom. The molecule has 2 amide bonds. The number of likely N-dealkylation sites (tertiary alicyclic amines) is 1.